The highest BCUT2D eigenvalue weighted by Crippen LogP contribution is 2.32. The van der Waals surface area contributed by atoms with Crippen LogP contribution in [0.4, 0.5) is 0 Å². The Balaban J connectivity index is 1.12. The molecule has 2 unspecified atom stereocenters. The van der Waals surface area contributed by atoms with E-state index >= 15 is 0 Å². The summed E-state index contributed by atoms with van der Waals surface area (Å²) in [6.07, 6.45) is 8.44. The molecule has 1 aromatic rings. The van der Waals surface area contributed by atoms with E-state index in [4.69, 9.17) is 4.74 Å². The van der Waals surface area contributed by atoms with E-state index in [0.29, 0.717) is 42.8 Å². The fraction of sp³-hybridized carbons (Fsp3) is 0.636. The van der Waals surface area contributed by atoms with Crippen LogP contribution in [0.5, 0.6) is 5.75 Å². The second kappa shape index (κ2) is 8.95. The van der Waals surface area contributed by atoms with Crippen LogP contribution in [0.15, 0.2) is 24.3 Å². The number of hydrogen-bond acceptors (Lipinski definition) is 4. The summed E-state index contributed by atoms with van der Waals surface area (Å²) in [5.41, 5.74) is 1.15. The number of ether oxygens (including phenoxy) is 1. The van der Waals surface area contributed by atoms with Gasteiger partial charge in [0.15, 0.2) is 6.61 Å². The van der Waals surface area contributed by atoms with Crippen molar-refractivity contribution in [3.63, 3.8) is 0 Å². The summed E-state index contributed by atoms with van der Waals surface area (Å²) in [5, 5.41) is 9.59. The first-order valence-electron chi connectivity index (χ1n) is 10.7. The van der Waals surface area contributed by atoms with E-state index in [1.165, 1.54) is 12.8 Å². The number of carbonyl (C=O) groups is 2. The number of benzene rings is 1. The Morgan fingerprint density at radius 2 is 1.71 bits per heavy atom. The number of hydrogen-bond donors (Lipinski definition) is 3. The molecule has 2 saturated heterocycles. The molecule has 28 heavy (non-hydrogen) atoms. The van der Waals surface area contributed by atoms with Crippen molar-refractivity contribution in [3.05, 3.63) is 29.8 Å². The molecule has 0 radical (unpaired) electrons. The average Bonchev–Trinajstić information content (AvgIpc) is 3.43. The first-order chi connectivity index (χ1) is 13.6. The molecular formula is C22H31N3O3. The molecule has 3 N–H and O–H groups in total. The number of rotatable bonds is 9. The molecular weight excluding hydrogens is 354 g/mol. The second-order valence-electron chi connectivity index (χ2n) is 8.55. The van der Waals surface area contributed by atoms with Crippen molar-refractivity contribution in [3.8, 4) is 5.75 Å². The number of amides is 2. The number of nitrogens with one attached hydrogen (secondary N) is 3. The highest BCUT2D eigenvalue weighted by atomic mass is 16.5. The molecule has 3 fully saturated rings. The molecule has 1 aliphatic carbocycles. The Morgan fingerprint density at radius 1 is 1.00 bits per heavy atom. The van der Waals surface area contributed by atoms with Gasteiger partial charge in [0, 0.05) is 31.1 Å². The van der Waals surface area contributed by atoms with Gasteiger partial charge in [-0.25, -0.2) is 0 Å². The van der Waals surface area contributed by atoms with Crippen LogP contribution in [0.2, 0.25) is 0 Å². The fourth-order valence-electron chi connectivity index (χ4n) is 4.42. The lowest BCUT2D eigenvalue weighted by atomic mass is 9.89. The van der Waals surface area contributed by atoms with E-state index in [9.17, 15) is 9.59 Å². The third-order valence-corrected chi connectivity index (χ3v) is 6.02. The van der Waals surface area contributed by atoms with Gasteiger partial charge in [-0.1, -0.05) is 12.1 Å². The minimum atomic E-state index is -0.0592. The van der Waals surface area contributed by atoms with Gasteiger partial charge in [-0.15, -0.1) is 0 Å². The van der Waals surface area contributed by atoms with Crippen molar-refractivity contribution in [2.24, 2.45) is 5.92 Å². The third-order valence-electron chi connectivity index (χ3n) is 6.02. The van der Waals surface area contributed by atoms with Crippen molar-refractivity contribution in [2.75, 3.05) is 13.2 Å². The Bertz CT molecular complexity index is 675. The van der Waals surface area contributed by atoms with Gasteiger partial charge in [-0.3, -0.25) is 9.59 Å². The summed E-state index contributed by atoms with van der Waals surface area (Å²) >= 11 is 0. The highest BCUT2D eigenvalue weighted by Gasteiger charge is 2.34. The second-order valence-corrected chi connectivity index (χ2v) is 8.55. The van der Waals surface area contributed by atoms with Gasteiger partial charge in [0.2, 0.25) is 5.91 Å². The number of piperidine rings is 1. The maximum absolute atomic E-state index is 12.2. The summed E-state index contributed by atoms with van der Waals surface area (Å²) in [6, 6.07) is 9.38. The molecule has 6 heteroatoms. The van der Waals surface area contributed by atoms with Crippen molar-refractivity contribution in [2.45, 2.75) is 69.5 Å². The molecule has 2 heterocycles. The van der Waals surface area contributed by atoms with Crippen molar-refractivity contribution < 1.29 is 14.3 Å². The molecule has 3 aliphatic rings. The monoisotopic (exact) mass is 385 g/mol. The van der Waals surface area contributed by atoms with Crippen LogP contribution in [0.3, 0.4) is 0 Å². The van der Waals surface area contributed by atoms with Crippen LogP contribution in [-0.2, 0) is 16.0 Å². The van der Waals surface area contributed by atoms with E-state index in [-0.39, 0.29) is 18.4 Å². The molecule has 152 valence electrons. The van der Waals surface area contributed by atoms with Crippen molar-refractivity contribution in [1.29, 1.82) is 0 Å². The molecule has 0 aromatic heterocycles. The van der Waals surface area contributed by atoms with Gasteiger partial charge < -0.3 is 20.7 Å². The van der Waals surface area contributed by atoms with Gasteiger partial charge in [0.1, 0.15) is 5.75 Å². The fourth-order valence-corrected chi connectivity index (χ4v) is 4.42. The lowest BCUT2D eigenvalue weighted by molar-refractivity contribution is -0.123. The zero-order chi connectivity index (χ0) is 19.3. The van der Waals surface area contributed by atoms with Crippen molar-refractivity contribution >= 4 is 11.8 Å². The lowest BCUT2D eigenvalue weighted by Crippen LogP contribution is -2.39. The third kappa shape index (κ3) is 5.71. The van der Waals surface area contributed by atoms with E-state index in [1.54, 1.807) is 0 Å². The van der Waals surface area contributed by atoms with E-state index in [2.05, 4.69) is 16.0 Å². The van der Waals surface area contributed by atoms with Gasteiger partial charge in [-0.05, 0) is 68.6 Å². The molecule has 2 amide bonds. The van der Waals surface area contributed by atoms with Crippen LogP contribution < -0.4 is 20.7 Å². The number of fused-ring (bicyclic) bond motifs is 2. The molecule has 2 atom stereocenters. The van der Waals surface area contributed by atoms with Crippen LogP contribution in [0, 0.1) is 5.92 Å². The predicted octanol–water partition coefficient (Wildman–Crippen LogP) is 1.92. The average molecular weight is 386 g/mol. The SMILES string of the molecule is O=C(CC1CC2CCC(C1)N2)NCCc1ccc(OCC(=O)NC2CC2)cc1. The predicted molar refractivity (Wildman–Crippen MR) is 107 cm³/mol. The summed E-state index contributed by atoms with van der Waals surface area (Å²) in [6.45, 7) is 0.713. The summed E-state index contributed by atoms with van der Waals surface area (Å²) in [7, 11) is 0. The minimum Gasteiger partial charge on any atom is -0.484 e. The van der Waals surface area contributed by atoms with Gasteiger partial charge in [0.05, 0.1) is 0 Å². The van der Waals surface area contributed by atoms with E-state index in [1.807, 2.05) is 24.3 Å². The molecule has 6 nitrogen and oxygen atoms in total. The molecule has 0 spiro atoms. The quantitative estimate of drug-likeness (QED) is 0.607. The lowest BCUT2D eigenvalue weighted by Gasteiger charge is -2.28. The van der Waals surface area contributed by atoms with Crippen LogP contribution in [0.25, 0.3) is 0 Å². The minimum absolute atomic E-state index is 0.0592. The summed E-state index contributed by atoms with van der Waals surface area (Å²) < 4.78 is 5.51. The molecule has 1 saturated carbocycles. The normalized spacial score (nSPS) is 25.9. The largest absolute Gasteiger partial charge is 0.484 e. The van der Waals surface area contributed by atoms with Gasteiger partial charge in [0.25, 0.3) is 5.91 Å². The first-order valence-corrected chi connectivity index (χ1v) is 10.7. The van der Waals surface area contributed by atoms with E-state index < -0.39 is 0 Å². The van der Waals surface area contributed by atoms with E-state index in [0.717, 1.165) is 37.7 Å². The Kier molecular flexibility index (Phi) is 6.15. The van der Waals surface area contributed by atoms with Crippen LogP contribution >= 0.6 is 0 Å². The smallest absolute Gasteiger partial charge is 0.258 e. The van der Waals surface area contributed by atoms with Crippen LogP contribution in [-0.4, -0.2) is 43.1 Å². The Morgan fingerprint density at radius 3 is 2.39 bits per heavy atom. The van der Waals surface area contributed by atoms with Gasteiger partial charge in [-0.2, -0.15) is 0 Å². The zero-order valence-electron chi connectivity index (χ0n) is 16.4. The molecule has 1 aromatic carbocycles. The highest BCUT2D eigenvalue weighted by molar-refractivity contribution is 5.78. The Labute approximate surface area is 166 Å². The molecule has 2 bridgehead atoms. The topological polar surface area (TPSA) is 79.5 Å². The van der Waals surface area contributed by atoms with Crippen LogP contribution in [0.1, 0.15) is 50.5 Å². The standard InChI is InChI=1S/C22H31N3O3/c26-21(13-16-11-18-5-6-19(12-16)24-18)23-10-9-15-1-7-20(8-2-15)28-14-22(27)25-17-3-4-17/h1-2,7-8,16-19,24H,3-6,9-14H2,(H,23,26)(H,25,27). The summed E-state index contributed by atoms with van der Waals surface area (Å²) in [5.74, 6) is 1.34. The first kappa shape index (κ1) is 19.2. The molecule has 2 aliphatic heterocycles. The maximum Gasteiger partial charge on any atom is 0.258 e. The number of carbonyl (C=O) groups excluding carboxylic acids is 2. The zero-order valence-corrected chi connectivity index (χ0v) is 16.4. The Hall–Kier alpha value is -2.08. The van der Waals surface area contributed by atoms with Gasteiger partial charge >= 0.3 is 0 Å². The molecule has 4 rings (SSSR count). The maximum atomic E-state index is 12.2. The summed E-state index contributed by atoms with van der Waals surface area (Å²) in [4.78, 5) is 23.9. The van der Waals surface area contributed by atoms with Crippen molar-refractivity contribution in [1.82, 2.24) is 16.0 Å².